The summed E-state index contributed by atoms with van der Waals surface area (Å²) in [4.78, 5) is 0. The van der Waals surface area contributed by atoms with Crippen LogP contribution in [0.3, 0.4) is 0 Å². The van der Waals surface area contributed by atoms with Crippen LogP contribution >= 0.6 is 0 Å². The first-order chi connectivity index (χ1) is 6.39. The second-order valence-corrected chi connectivity index (χ2v) is 4.96. The van der Waals surface area contributed by atoms with E-state index in [-0.39, 0.29) is 17.8 Å². The van der Waals surface area contributed by atoms with Gasteiger partial charge in [-0.1, -0.05) is 32.9 Å². The summed E-state index contributed by atoms with van der Waals surface area (Å²) in [5, 5.41) is 0. The molecule has 0 fully saturated rings. The first-order valence-electron chi connectivity index (χ1n) is 5.01. The van der Waals surface area contributed by atoms with E-state index in [9.17, 15) is 0 Å². The highest BCUT2D eigenvalue weighted by molar-refractivity contribution is 5.75. The Morgan fingerprint density at radius 3 is 1.80 bits per heavy atom. The lowest BCUT2D eigenvalue weighted by atomic mass is 9.87. The summed E-state index contributed by atoms with van der Waals surface area (Å²) >= 11 is 0. The first-order valence-corrected chi connectivity index (χ1v) is 5.01. The van der Waals surface area contributed by atoms with Crippen molar-refractivity contribution in [3.8, 4) is 0 Å². The van der Waals surface area contributed by atoms with Gasteiger partial charge in [-0.15, -0.1) is 0 Å². The highest BCUT2D eigenvalue weighted by atomic mass is 35.5. The molecule has 1 aromatic carbocycles. The van der Waals surface area contributed by atoms with Crippen LogP contribution in [0.1, 0.15) is 31.9 Å². The molecule has 2 heteroatoms. The van der Waals surface area contributed by atoms with Crippen LogP contribution in [0.15, 0.2) is 24.3 Å². The highest BCUT2D eigenvalue weighted by Crippen LogP contribution is 2.21. The molecule has 0 aliphatic carbocycles. The molecule has 1 aromatic rings. The molecule has 1 rings (SSSR count). The van der Waals surface area contributed by atoms with E-state index >= 15 is 0 Å². The fraction of sp³-hybridized carbons (Fsp3) is 0.462. The minimum Gasteiger partial charge on any atom is -1.00 e. The van der Waals surface area contributed by atoms with Crippen LogP contribution in [0.25, 0.3) is 0 Å². The van der Waals surface area contributed by atoms with Gasteiger partial charge in [0.15, 0.2) is 6.21 Å². The standard InChI is InChI=1S/C13H20N.ClH/c1-13(2,3)12-8-6-11(7-9-12)10-14(4)5;/h6-10H,1-5H3;1H/q+1;/p-1. The molecule has 0 saturated carbocycles. The number of benzene rings is 1. The van der Waals surface area contributed by atoms with Gasteiger partial charge in [-0.25, -0.2) is 4.58 Å². The molecule has 15 heavy (non-hydrogen) atoms. The van der Waals surface area contributed by atoms with Crippen LogP contribution in [-0.4, -0.2) is 24.9 Å². The maximum absolute atomic E-state index is 2.23. The molecule has 0 atom stereocenters. The van der Waals surface area contributed by atoms with Crippen molar-refractivity contribution in [2.24, 2.45) is 0 Å². The van der Waals surface area contributed by atoms with Gasteiger partial charge in [0.05, 0.1) is 0 Å². The van der Waals surface area contributed by atoms with Gasteiger partial charge in [0.1, 0.15) is 14.1 Å². The smallest absolute Gasteiger partial charge is 0.170 e. The fourth-order valence-electron chi connectivity index (χ4n) is 1.37. The maximum atomic E-state index is 2.23. The van der Waals surface area contributed by atoms with Gasteiger partial charge in [0, 0.05) is 5.56 Å². The van der Waals surface area contributed by atoms with Crippen molar-refractivity contribution in [3.05, 3.63) is 35.4 Å². The summed E-state index contributed by atoms with van der Waals surface area (Å²) in [6.07, 6.45) is 2.12. The molecule has 0 aliphatic rings. The molecule has 1 nitrogen and oxygen atoms in total. The third-order valence-electron chi connectivity index (χ3n) is 2.18. The topological polar surface area (TPSA) is 3.01 Å². The average Bonchev–Trinajstić information content (AvgIpc) is 2.02. The van der Waals surface area contributed by atoms with Crippen molar-refractivity contribution in [2.45, 2.75) is 26.2 Å². The molecule has 0 bridgehead atoms. The molecule has 0 spiro atoms. The van der Waals surface area contributed by atoms with Crippen LogP contribution in [-0.2, 0) is 5.41 Å². The average molecular weight is 226 g/mol. The molecule has 0 radical (unpaired) electrons. The Morgan fingerprint density at radius 1 is 1.00 bits per heavy atom. The Balaban J connectivity index is 0.00000196. The Hall–Kier alpha value is -0.820. The molecular formula is C13H20ClN. The normalized spacial score (nSPS) is 10.5. The lowest BCUT2D eigenvalue weighted by Gasteiger charge is -2.18. The number of rotatable bonds is 1. The highest BCUT2D eigenvalue weighted by Gasteiger charge is 2.12. The van der Waals surface area contributed by atoms with Crippen LogP contribution < -0.4 is 12.4 Å². The van der Waals surface area contributed by atoms with Gasteiger partial charge in [0.2, 0.25) is 0 Å². The van der Waals surface area contributed by atoms with Gasteiger partial charge >= 0.3 is 0 Å². The minimum absolute atomic E-state index is 0. The summed E-state index contributed by atoms with van der Waals surface area (Å²) in [7, 11) is 4.08. The van der Waals surface area contributed by atoms with Crippen molar-refractivity contribution in [2.75, 3.05) is 14.1 Å². The monoisotopic (exact) mass is 225 g/mol. The maximum Gasteiger partial charge on any atom is 0.170 e. The molecular weight excluding hydrogens is 206 g/mol. The van der Waals surface area contributed by atoms with E-state index in [0.29, 0.717) is 0 Å². The van der Waals surface area contributed by atoms with Crippen molar-refractivity contribution in [3.63, 3.8) is 0 Å². The Kier molecular flexibility index (Phi) is 5.02. The molecule has 0 saturated heterocycles. The van der Waals surface area contributed by atoms with Gasteiger partial charge in [0.25, 0.3) is 0 Å². The largest absolute Gasteiger partial charge is 1.00 e. The molecule has 0 amide bonds. The Labute approximate surface area is 99.2 Å². The van der Waals surface area contributed by atoms with Crippen LogP contribution in [0.4, 0.5) is 0 Å². The van der Waals surface area contributed by atoms with Gasteiger partial charge in [-0.3, -0.25) is 0 Å². The quantitative estimate of drug-likeness (QED) is 0.455. The Morgan fingerprint density at radius 2 is 1.47 bits per heavy atom. The third-order valence-corrected chi connectivity index (χ3v) is 2.18. The summed E-state index contributed by atoms with van der Waals surface area (Å²) in [5.74, 6) is 0. The van der Waals surface area contributed by atoms with Gasteiger partial charge < -0.3 is 12.4 Å². The van der Waals surface area contributed by atoms with Crippen molar-refractivity contribution < 1.29 is 17.0 Å². The van der Waals surface area contributed by atoms with Gasteiger partial charge in [-0.05, 0) is 23.1 Å². The first kappa shape index (κ1) is 14.2. The summed E-state index contributed by atoms with van der Waals surface area (Å²) in [5.41, 5.74) is 2.88. The van der Waals surface area contributed by atoms with Crippen molar-refractivity contribution in [1.29, 1.82) is 0 Å². The predicted molar refractivity (Wildman–Crippen MR) is 62.4 cm³/mol. The van der Waals surface area contributed by atoms with Crippen LogP contribution in [0, 0.1) is 0 Å². The fourth-order valence-corrected chi connectivity index (χ4v) is 1.37. The van der Waals surface area contributed by atoms with Gasteiger partial charge in [-0.2, -0.15) is 0 Å². The minimum atomic E-state index is 0. The van der Waals surface area contributed by atoms with Crippen molar-refractivity contribution >= 4 is 6.21 Å². The lowest BCUT2D eigenvalue weighted by Crippen LogP contribution is -3.00. The predicted octanol–water partition coefficient (Wildman–Crippen LogP) is -0.321. The SMILES string of the molecule is C[N+](C)=Cc1ccc(C(C)(C)C)cc1.[Cl-]. The molecule has 84 valence electrons. The summed E-state index contributed by atoms with van der Waals surface area (Å²) in [6, 6.07) is 8.74. The van der Waals surface area contributed by atoms with E-state index in [1.165, 1.54) is 11.1 Å². The summed E-state index contributed by atoms with van der Waals surface area (Å²) < 4.78 is 2.06. The lowest BCUT2D eigenvalue weighted by molar-refractivity contribution is -0.458. The second kappa shape index (κ2) is 5.32. The number of halogens is 1. The second-order valence-electron chi connectivity index (χ2n) is 4.96. The van der Waals surface area contributed by atoms with E-state index in [2.05, 4.69) is 55.8 Å². The van der Waals surface area contributed by atoms with E-state index in [1.54, 1.807) is 0 Å². The molecule has 0 unspecified atom stereocenters. The number of nitrogens with zero attached hydrogens (tertiary/aromatic N) is 1. The zero-order valence-corrected chi connectivity index (χ0v) is 11.0. The molecule has 0 N–H and O–H groups in total. The van der Waals surface area contributed by atoms with Crippen LogP contribution in [0.5, 0.6) is 0 Å². The van der Waals surface area contributed by atoms with E-state index in [1.807, 2.05) is 14.1 Å². The zero-order valence-electron chi connectivity index (χ0n) is 10.2. The van der Waals surface area contributed by atoms with Crippen LogP contribution in [0.2, 0.25) is 0 Å². The molecule has 0 aliphatic heterocycles. The van der Waals surface area contributed by atoms with E-state index in [0.717, 1.165) is 0 Å². The molecule has 0 aromatic heterocycles. The third kappa shape index (κ3) is 4.48. The zero-order chi connectivity index (χ0) is 10.8. The number of hydrogen-bond donors (Lipinski definition) is 0. The van der Waals surface area contributed by atoms with E-state index < -0.39 is 0 Å². The number of hydrogen-bond acceptors (Lipinski definition) is 0. The molecule has 0 heterocycles. The van der Waals surface area contributed by atoms with Crippen molar-refractivity contribution in [1.82, 2.24) is 0 Å². The Bertz CT molecular complexity index is 327. The van der Waals surface area contributed by atoms with E-state index in [4.69, 9.17) is 0 Å². The summed E-state index contributed by atoms with van der Waals surface area (Å²) in [6.45, 7) is 6.70.